The monoisotopic (exact) mass is 314 g/mol. The molecule has 0 N–H and O–H groups in total. The Morgan fingerprint density at radius 3 is 2.05 bits per heavy atom. The van der Waals surface area contributed by atoms with Crippen LogP contribution in [-0.2, 0) is 23.9 Å². The predicted molar refractivity (Wildman–Crippen MR) is 84.3 cm³/mol. The number of ether oxygens (including phenoxy) is 2. The van der Waals surface area contributed by atoms with Crippen LogP contribution in [0.4, 0.5) is 0 Å². The SMILES string of the molecule is COC(=O)CC(C)CCCCC(C(C)=O)C(=O)OC(C)(C)C. The van der Waals surface area contributed by atoms with Crippen LogP contribution in [0.25, 0.3) is 0 Å². The smallest absolute Gasteiger partial charge is 0.316 e. The highest BCUT2D eigenvalue weighted by Crippen LogP contribution is 2.19. The zero-order valence-corrected chi connectivity index (χ0v) is 14.7. The van der Waals surface area contributed by atoms with Crippen LogP contribution in [-0.4, -0.2) is 30.4 Å². The van der Waals surface area contributed by atoms with E-state index in [0.717, 1.165) is 19.3 Å². The van der Waals surface area contributed by atoms with Crippen LogP contribution in [0.3, 0.4) is 0 Å². The van der Waals surface area contributed by atoms with E-state index in [2.05, 4.69) is 4.74 Å². The number of hydrogen-bond donors (Lipinski definition) is 0. The molecular formula is C17H30O5. The van der Waals surface area contributed by atoms with Crippen molar-refractivity contribution in [3.05, 3.63) is 0 Å². The van der Waals surface area contributed by atoms with Gasteiger partial charge < -0.3 is 9.47 Å². The van der Waals surface area contributed by atoms with Crippen molar-refractivity contribution in [2.45, 2.75) is 72.3 Å². The minimum Gasteiger partial charge on any atom is -0.469 e. The Morgan fingerprint density at radius 1 is 1.05 bits per heavy atom. The van der Waals surface area contributed by atoms with Gasteiger partial charge in [-0.05, 0) is 40.0 Å². The molecule has 0 saturated heterocycles. The van der Waals surface area contributed by atoms with Crippen molar-refractivity contribution in [3.8, 4) is 0 Å². The molecule has 0 aliphatic heterocycles. The van der Waals surface area contributed by atoms with E-state index in [4.69, 9.17) is 4.74 Å². The van der Waals surface area contributed by atoms with Crippen molar-refractivity contribution in [1.29, 1.82) is 0 Å². The molecule has 2 atom stereocenters. The summed E-state index contributed by atoms with van der Waals surface area (Å²) in [5, 5.41) is 0. The largest absolute Gasteiger partial charge is 0.469 e. The van der Waals surface area contributed by atoms with Gasteiger partial charge >= 0.3 is 11.9 Å². The molecule has 0 heterocycles. The third-order valence-corrected chi connectivity index (χ3v) is 3.36. The molecule has 0 amide bonds. The second-order valence-electron chi connectivity index (χ2n) is 6.87. The zero-order chi connectivity index (χ0) is 17.3. The van der Waals surface area contributed by atoms with Crippen molar-refractivity contribution >= 4 is 17.7 Å². The van der Waals surface area contributed by atoms with Gasteiger partial charge in [0.1, 0.15) is 17.3 Å². The Kier molecular flexibility index (Phi) is 8.99. The molecule has 5 heteroatoms. The van der Waals surface area contributed by atoms with E-state index < -0.39 is 17.5 Å². The average molecular weight is 314 g/mol. The number of ketones is 1. The summed E-state index contributed by atoms with van der Waals surface area (Å²) in [4.78, 5) is 34.8. The van der Waals surface area contributed by atoms with Gasteiger partial charge in [0.05, 0.1) is 7.11 Å². The molecule has 0 aromatic heterocycles. The molecule has 0 aromatic rings. The second kappa shape index (κ2) is 9.59. The Labute approximate surface area is 133 Å². The molecule has 128 valence electrons. The fourth-order valence-electron chi connectivity index (χ4n) is 2.17. The number of hydrogen-bond acceptors (Lipinski definition) is 5. The fourth-order valence-corrected chi connectivity index (χ4v) is 2.17. The molecule has 2 unspecified atom stereocenters. The first-order valence-electron chi connectivity index (χ1n) is 7.87. The second-order valence-corrected chi connectivity index (χ2v) is 6.87. The number of carbonyl (C=O) groups excluding carboxylic acids is 3. The standard InChI is InChI=1S/C17H30O5/c1-12(11-15(19)21-6)9-7-8-10-14(13(2)18)16(20)22-17(3,4)5/h12,14H,7-11H2,1-6H3. The minimum atomic E-state index is -0.685. The minimum absolute atomic E-state index is 0.156. The van der Waals surface area contributed by atoms with Gasteiger partial charge in [-0.15, -0.1) is 0 Å². The Hall–Kier alpha value is -1.39. The third kappa shape index (κ3) is 9.53. The molecule has 0 spiro atoms. The summed E-state index contributed by atoms with van der Waals surface area (Å²) >= 11 is 0. The summed E-state index contributed by atoms with van der Waals surface area (Å²) in [5.41, 5.74) is -0.584. The third-order valence-electron chi connectivity index (χ3n) is 3.36. The van der Waals surface area contributed by atoms with E-state index in [0.29, 0.717) is 12.8 Å². The average Bonchev–Trinajstić information content (AvgIpc) is 2.35. The summed E-state index contributed by atoms with van der Waals surface area (Å²) in [5.74, 6) is -1.25. The fraction of sp³-hybridized carbons (Fsp3) is 0.824. The number of Topliss-reactive ketones (excluding diaryl/α,β-unsaturated/α-hetero) is 1. The van der Waals surface area contributed by atoms with Crippen molar-refractivity contribution < 1.29 is 23.9 Å². The van der Waals surface area contributed by atoms with Gasteiger partial charge in [0.15, 0.2) is 0 Å². The summed E-state index contributed by atoms with van der Waals surface area (Å²) in [6.07, 6.45) is 3.39. The predicted octanol–water partition coefficient (Wildman–Crippen LogP) is 3.29. The molecule has 0 rings (SSSR count). The van der Waals surface area contributed by atoms with Crippen LogP contribution in [0.1, 0.15) is 66.7 Å². The first-order chi connectivity index (χ1) is 10.1. The van der Waals surface area contributed by atoms with Gasteiger partial charge in [0.25, 0.3) is 0 Å². The topological polar surface area (TPSA) is 69.7 Å². The van der Waals surface area contributed by atoms with Crippen LogP contribution in [0.15, 0.2) is 0 Å². The van der Waals surface area contributed by atoms with E-state index >= 15 is 0 Å². The van der Waals surface area contributed by atoms with Crippen LogP contribution < -0.4 is 0 Å². The summed E-state index contributed by atoms with van der Waals surface area (Å²) in [7, 11) is 1.38. The van der Waals surface area contributed by atoms with Gasteiger partial charge in [-0.1, -0.05) is 26.2 Å². The Balaban J connectivity index is 4.19. The Morgan fingerprint density at radius 2 is 1.59 bits per heavy atom. The summed E-state index contributed by atoms with van der Waals surface area (Å²) in [6, 6.07) is 0. The normalized spacial score (nSPS) is 14.1. The molecule has 0 aliphatic rings. The lowest BCUT2D eigenvalue weighted by Gasteiger charge is -2.23. The van der Waals surface area contributed by atoms with Gasteiger partial charge in [-0.25, -0.2) is 0 Å². The van der Waals surface area contributed by atoms with E-state index in [9.17, 15) is 14.4 Å². The molecule has 5 nitrogen and oxygen atoms in total. The van der Waals surface area contributed by atoms with Gasteiger partial charge in [-0.2, -0.15) is 0 Å². The molecule has 22 heavy (non-hydrogen) atoms. The number of rotatable bonds is 9. The number of methoxy groups -OCH3 is 1. The molecule has 0 aliphatic carbocycles. The van der Waals surface area contributed by atoms with Crippen LogP contribution >= 0.6 is 0 Å². The molecule has 0 fully saturated rings. The lowest BCUT2D eigenvalue weighted by Crippen LogP contribution is -2.31. The van der Waals surface area contributed by atoms with Crippen molar-refractivity contribution in [1.82, 2.24) is 0 Å². The van der Waals surface area contributed by atoms with E-state index in [1.807, 2.05) is 6.92 Å². The van der Waals surface area contributed by atoms with E-state index in [-0.39, 0.29) is 17.7 Å². The summed E-state index contributed by atoms with van der Waals surface area (Å²) in [6.45, 7) is 8.78. The van der Waals surface area contributed by atoms with Crippen LogP contribution in [0.5, 0.6) is 0 Å². The molecule has 0 saturated carbocycles. The van der Waals surface area contributed by atoms with Crippen LogP contribution in [0.2, 0.25) is 0 Å². The highest BCUT2D eigenvalue weighted by molar-refractivity contribution is 5.97. The molecular weight excluding hydrogens is 284 g/mol. The number of unbranched alkanes of at least 4 members (excludes halogenated alkanes) is 1. The van der Waals surface area contributed by atoms with Gasteiger partial charge in [-0.3, -0.25) is 14.4 Å². The van der Waals surface area contributed by atoms with Crippen molar-refractivity contribution in [2.75, 3.05) is 7.11 Å². The zero-order valence-electron chi connectivity index (χ0n) is 14.7. The summed E-state index contributed by atoms with van der Waals surface area (Å²) < 4.78 is 9.92. The van der Waals surface area contributed by atoms with Crippen molar-refractivity contribution in [2.24, 2.45) is 11.8 Å². The van der Waals surface area contributed by atoms with Gasteiger partial charge in [0.2, 0.25) is 0 Å². The molecule has 0 aromatic carbocycles. The number of esters is 2. The number of carbonyl (C=O) groups is 3. The lowest BCUT2D eigenvalue weighted by molar-refractivity contribution is -0.162. The van der Waals surface area contributed by atoms with Crippen LogP contribution in [0, 0.1) is 11.8 Å². The highest BCUT2D eigenvalue weighted by atomic mass is 16.6. The maximum atomic E-state index is 12.0. The lowest BCUT2D eigenvalue weighted by atomic mass is 9.94. The van der Waals surface area contributed by atoms with E-state index in [1.165, 1.54) is 14.0 Å². The highest BCUT2D eigenvalue weighted by Gasteiger charge is 2.28. The van der Waals surface area contributed by atoms with Gasteiger partial charge in [0, 0.05) is 6.42 Å². The molecule has 0 radical (unpaired) electrons. The first-order valence-corrected chi connectivity index (χ1v) is 7.87. The maximum Gasteiger partial charge on any atom is 0.316 e. The quantitative estimate of drug-likeness (QED) is 0.371. The van der Waals surface area contributed by atoms with Crippen molar-refractivity contribution in [3.63, 3.8) is 0 Å². The molecule has 0 bridgehead atoms. The Bertz CT molecular complexity index is 381. The first kappa shape index (κ1) is 20.6. The van der Waals surface area contributed by atoms with E-state index in [1.54, 1.807) is 20.8 Å². The maximum absolute atomic E-state index is 12.0.